The number of nitrogens with one attached hydrogen (secondary N) is 1. The molecule has 0 amide bonds. The molecule has 2 unspecified atom stereocenters. The smallest absolute Gasteiger partial charge is 0.128 e. The Morgan fingerprint density at radius 3 is 2.62 bits per heavy atom. The minimum absolute atomic E-state index is 0.177. The molecule has 0 aromatic heterocycles. The summed E-state index contributed by atoms with van der Waals surface area (Å²) in [5, 5.41) is 0. The summed E-state index contributed by atoms with van der Waals surface area (Å²) >= 11 is 0. The van der Waals surface area contributed by atoms with E-state index < -0.39 is 17.7 Å². The summed E-state index contributed by atoms with van der Waals surface area (Å²) in [5.41, 5.74) is 2.63. The normalized spacial score (nSPS) is 14.8. The predicted octanol–water partition coefficient (Wildman–Crippen LogP) is 1.89. The zero-order chi connectivity index (χ0) is 12.1. The third kappa shape index (κ3) is 2.75. The van der Waals surface area contributed by atoms with Crippen LogP contribution in [-0.4, -0.2) is 13.2 Å². The second kappa shape index (κ2) is 5.89. The molecule has 5 heteroatoms. The molecule has 0 fully saturated rings. The van der Waals surface area contributed by atoms with Gasteiger partial charge in [-0.3, -0.25) is 11.3 Å². The summed E-state index contributed by atoms with van der Waals surface area (Å²) in [6.45, 7) is 1.88. The second-order valence-corrected chi connectivity index (χ2v) is 3.49. The van der Waals surface area contributed by atoms with Crippen molar-refractivity contribution in [1.29, 1.82) is 0 Å². The summed E-state index contributed by atoms with van der Waals surface area (Å²) in [6.07, 6.45) is 0.336. The Morgan fingerprint density at radius 1 is 1.44 bits per heavy atom. The van der Waals surface area contributed by atoms with Gasteiger partial charge in [0, 0.05) is 12.7 Å². The maximum atomic E-state index is 13.5. The predicted molar refractivity (Wildman–Crippen MR) is 57.5 cm³/mol. The van der Waals surface area contributed by atoms with E-state index in [1.54, 1.807) is 0 Å². The molecule has 0 saturated heterocycles. The second-order valence-electron chi connectivity index (χ2n) is 3.49. The van der Waals surface area contributed by atoms with Gasteiger partial charge < -0.3 is 4.74 Å². The molecule has 0 bridgehead atoms. The molecule has 1 rings (SSSR count). The maximum absolute atomic E-state index is 13.5. The summed E-state index contributed by atoms with van der Waals surface area (Å²) in [6, 6.07) is 2.71. The highest BCUT2D eigenvalue weighted by Gasteiger charge is 2.23. The molecular formula is C11H16F2N2O. The van der Waals surface area contributed by atoms with E-state index in [4.69, 9.17) is 10.6 Å². The number of hydrogen-bond acceptors (Lipinski definition) is 3. The third-order valence-corrected chi connectivity index (χ3v) is 2.55. The van der Waals surface area contributed by atoms with Crippen LogP contribution in [0.4, 0.5) is 8.78 Å². The van der Waals surface area contributed by atoms with Crippen molar-refractivity contribution in [2.24, 2.45) is 5.84 Å². The van der Waals surface area contributed by atoms with E-state index in [1.807, 2.05) is 6.92 Å². The van der Waals surface area contributed by atoms with Gasteiger partial charge in [-0.25, -0.2) is 8.78 Å². The van der Waals surface area contributed by atoms with Gasteiger partial charge >= 0.3 is 0 Å². The standard InChI is InChI=1S/C11H16F2N2O/c1-3-10(16-2)11(15-14)8-6-7(12)4-5-9(8)13/h4-6,10-11,15H,3,14H2,1-2H3. The van der Waals surface area contributed by atoms with Gasteiger partial charge in [0.05, 0.1) is 12.1 Å². The van der Waals surface area contributed by atoms with Crippen LogP contribution < -0.4 is 11.3 Å². The largest absolute Gasteiger partial charge is 0.379 e. The van der Waals surface area contributed by atoms with Crippen LogP contribution in [0.5, 0.6) is 0 Å². The highest BCUT2D eigenvalue weighted by molar-refractivity contribution is 5.23. The van der Waals surface area contributed by atoms with Gasteiger partial charge in [0.25, 0.3) is 0 Å². The zero-order valence-corrected chi connectivity index (χ0v) is 9.34. The van der Waals surface area contributed by atoms with Gasteiger partial charge in [0.1, 0.15) is 11.6 Å². The van der Waals surface area contributed by atoms with E-state index in [-0.39, 0.29) is 11.7 Å². The van der Waals surface area contributed by atoms with Gasteiger partial charge in [-0.15, -0.1) is 0 Å². The molecule has 3 nitrogen and oxygen atoms in total. The average Bonchev–Trinajstić information content (AvgIpc) is 2.29. The molecule has 3 N–H and O–H groups in total. The fourth-order valence-corrected chi connectivity index (χ4v) is 1.69. The van der Waals surface area contributed by atoms with Crippen molar-refractivity contribution in [1.82, 2.24) is 5.43 Å². The van der Waals surface area contributed by atoms with Crippen molar-refractivity contribution in [3.63, 3.8) is 0 Å². The average molecular weight is 230 g/mol. The first kappa shape index (κ1) is 13.0. The van der Waals surface area contributed by atoms with Crippen molar-refractivity contribution in [2.75, 3.05) is 7.11 Å². The van der Waals surface area contributed by atoms with Gasteiger partial charge in [-0.1, -0.05) is 6.92 Å². The van der Waals surface area contributed by atoms with E-state index in [2.05, 4.69) is 5.43 Å². The maximum Gasteiger partial charge on any atom is 0.128 e. The van der Waals surface area contributed by atoms with E-state index in [0.29, 0.717) is 6.42 Å². The number of hydrazine groups is 1. The Morgan fingerprint density at radius 2 is 2.12 bits per heavy atom. The minimum Gasteiger partial charge on any atom is -0.379 e. The molecule has 90 valence electrons. The number of nitrogens with two attached hydrogens (primary N) is 1. The van der Waals surface area contributed by atoms with Crippen LogP contribution in [-0.2, 0) is 4.74 Å². The number of methoxy groups -OCH3 is 1. The van der Waals surface area contributed by atoms with Crippen molar-refractivity contribution in [3.05, 3.63) is 35.4 Å². The summed E-state index contributed by atoms with van der Waals surface area (Å²) in [5.74, 6) is 4.36. The Labute approximate surface area is 93.6 Å². The number of benzene rings is 1. The van der Waals surface area contributed by atoms with E-state index in [9.17, 15) is 8.78 Å². The summed E-state index contributed by atoms with van der Waals surface area (Å²) in [7, 11) is 1.51. The fourth-order valence-electron chi connectivity index (χ4n) is 1.69. The van der Waals surface area contributed by atoms with Crippen LogP contribution in [0.1, 0.15) is 24.9 Å². The molecule has 0 saturated carbocycles. The Bertz CT molecular complexity index is 343. The quantitative estimate of drug-likeness (QED) is 0.600. The van der Waals surface area contributed by atoms with E-state index in [0.717, 1.165) is 18.2 Å². The lowest BCUT2D eigenvalue weighted by atomic mass is 9.99. The van der Waals surface area contributed by atoms with Gasteiger partial charge in [-0.2, -0.15) is 0 Å². The third-order valence-electron chi connectivity index (χ3n) is 2.55. The van der Waals surface area contributed by atoms with Gasteiger partial charge in [0.15, 0.2) is 0 Å². The van der Waals surface area contributed by atoms with Crippen LogP contribution in [0.2, 0.25) is 0 Å². The number of rotatable bonds is 5. The zero-order valence-electron chi connectivity index (χ0n) is 9.34. The first-order valence-electron chi connectivity index (χ1n) is 5.07. The molecule has 0 heterocycles. The Balaban J connectivity index is 3.06. The topological polar surface area (TPSA) is 47.3 Å². The molecule has 16 heavy (non-hydrogen) atoms. The van der Waals surface area contributed by atoms with Crippen LogP contribution in [0.3, 0.4) is 0 Å². The van der Waals surface area contributed by atoms with Crippen molar-refractivity contribution >= 4 is 0 Å². The molecule has 1 aromatic rings. The number of hydrogen-bond donors (Lipinski definition) is 2. The molecule has 2 atom stereocenters. The number of ether oxygens (including phenoxy) is 1. The van der Waals surface area contributed by atoms with E-state index >= 15 is 0 Å². The number of halogens is 2. The first-order chi connectivity index (χ1) is 7.63. The van der Waals surface area contributed by atoms with Crippen LogP contribution >= 0.6 is 0 Å². The minimum atomic E-state index is -0.564. The van der Waals surface area contributed by atoms with Crippen LogP contribution in [0.25, 0.3) is 0 Å². The molecule has 0 radical (unpaired) electrons. The lowest BCUT2D eigenvalue weighted by Gasteiger charge is -2.25. The van der Waals surface area contributed by atoms with E-state index in [1.165, 1.54) is 7.11 Å². The fraction of sp³-hybridized carbons (Fsp3) is 0.455. The molecule has 1 aromatic carbocycles. The molecule has 0 aliphatic rings. The molecule has 0 spiro atoms. The highest BCUT2D eigenvalue weighted by atomic mass is 19.1. The monoisotopic (exact) mass is 230 g/mol. The van der Waals surface area contributed by atoms with Crippen LogP contribution in [0, 0.1) is 11.6 Å². The highest BCUT2D eigenvalue weighted by Crippen LogP contribution is 2.23. The van der Waals surface area contributed by atoms with Crippen molar-refractivity contribution in [2.45, 2.75) is 25.5 Å². The summed E-state index contributed by atoms with van der Waals surface area (Å²) < 4.78 is 31.7. The summed E-state index contributed by atoms with van der Waals surface area (Å²) in [4.78, 5) is 0. The molecule has 0 aliphatic carbocycles. The SMILES string of the molecule is CCC(OC)C(NN)c1cc(F)ccc1F. The van der Waals surface area contributed by atoms with Gasteiger partial charge in [0.2, 0.25) is 0 Å². The van der Waals surface area contributed by atoms with Gasteiger partial charge in [-0.05, 0) is 24.6 Å². The van der Waals surface area contributed by atoms with Crippen LogP contribution in [0.15, 0.2) is 18.2 Å². The Kier molecular flexibility index (Phi) is 4.79. The lowest BCUT2D eigenvalue weighted by molar-refractivity contribution is 0.0638. The van der Waals surface area contributed by atoms with Crippen molar-refractivity contribution in [3.8, 4) is 0 Å². The Hall–Kier alpha value is -1.04. The molecular weight excluding hydrogens is 214 g/mol. The van der Waals surface area contributed by atoms with Crippen molar-refractivity contribution < 1.29 is 13.5 Å². The lowest BCUT2D eigenvalue weighted by Crippen LogP contribution is -2.37. The first-order valence-corrected chi connectivity index (χ1v) is 5.07. The molecule has 0 aliphatic heterocycles.